The second kappa shape index (κ2) is 15.1. The van der Waals surface area contributed by atoms with Gasteiger partial charge in [0.05, 0.1) is 26.3 Å². The molecule has 0 N–H and O–H groups in total. The topological polar surface area (TPSA) is 69.7 Å². The third-order valence-electron chi connectivity index (χ3n) is 7.43. The van der Waals surface area contributed by atoms with Gasteiger partial charge in [0.25, 0.3) is 5.91 Å². The third kappa shape index (κ3) is 7.65. The molecule has 2 aromatic carbocycles. The van der Waals surface area contributed by atoms with Crippen molar-refractivity contribution in [3.63, 3.8) is 0 Å². The molecule has 8 nitrogen and oxygen atoms in total. The smallest absolute Gasteiger partial charge is 0.260 e. The lowest BCUT2D eigenvalue weighted by Gasteiger charge is -2.38. The highest BCUT2D eigenvalue weighted by Gasteiger charge is 2.36. The van der Waals surface area contributed by atoms with Gasteiger partial charge in [0.1, 0.15) is 5.75 Å². The Morgan fingerprint density at radius 2 is 1.59 bits per heavy atom. The fourth-order valence-corrected chi connectivity index (χ4v) is 5.18. The van der Waals surface area contributed by atoms with Gasteiger partial charge in [0.15, 0.2) is 17.7 Å². The van der Waals surface area contributed by atoms with Gasteiger partial charge in [-0.3, -0.25) is 4.79 Å². The summed E-state index contributed by atoms with van der Waals surface area (Å²) < 4.78 is 29.0. The van der Waals surface area contributed by atoms with E-state index in [4.69, 9.17) is 23.7 Å². The van der Waals surface area contributed by atoms with E-state index in [-0.39, 0.29) is 12.1 Å². The summed E-state index contributed by atoms with van der Waals surface area (Å²) in [7, 11) is 8.53. The van der Waals surface area contributed by atoms with Crippen LogP contribution >= 0.6 is 0 Å². The number of fused-ring (bicyclic) bond motifs is 1. The predicted molar refractivity (Wildman–Crippen MR) is 153 cm³/mol. The van der Waals surface area contributed by atoms with Crippen LogP contribution in [-0.2, 0) is 15.3 Å². The minimum Gasteiger partial charge on any atom is -0.493 e. The average molecular weight is 543 g/mol. The van der Waals surface area contributed by atoms with Gasteiger partial charge in [-0.25, -0.2) is 0 Å². The molecule has 0 spiro atoms. The fraction of sp³-hybridized carbons (Fsp3) is 0.581. The van der Waals surface area contributed by atoms with E-state index in [1.54, 1.807) is 40.6 Å². The summed E-state index contributed by atoms with van der Waals surface area (Å²) >= 11 is 0. The third-order valence-corrected chi connectivity index (χ3v) is 7.43. The van der Waals surface area contributed by atoms with Gasteiger partial charge in [-0.05, 0) is 26.4 Å². The number of nitrogens with zero attached hydrogens (tertiary/aromatic N) is 2. The summed E-state index contributed by atoms with van der Waals surface area (Å²) in [5.74, 6) is 0.722. The van der Waals surface area contributed by atoms with Crippen molar-refractivity contribution in [3.8, 4) is 17.2 Å². The van der Waals surface area contributed by atoms with E-state index in [1.165, 1.54) is 19.3 Å². The molecule has 1 aliphatic rings. The van der Waals surface area contributed by atoms with E-state index in [2.05, 4.69) is 11.8 Å². The lowest BCUT2D eigenvalue weighted by molar-refractivity contribution is -0.224. The van der Waals surface area contributed by atoms with Crippen LogP contribution in [0.25, 0.3) is 0 Å². The lowest BCUT2D eigenvalue weighted by atomic mass is 10.0. The first-order valence-corrected chi connectivity index (χ1v) is 14.0. The zero-order chi connectivity index (χ0) is 28.3. The molecule has 1 heterocycles. The number of ether oxygens (including phenoxy) is 5. The molecule has 0 bridgehead atoms. The van der Waals surface area contributed by atoms with Crippen LogP contribution in [0.4, 0.5) is 0 Å². The number of methoxy groups -OCH3 is 4. The first kappa shape index (κ1) is 30.7. The van der Waals surface area contributed by atoms with Gasteiger partial charge in [-0.15, -0.1) is 0 Å². The molecule has 0 aromatic heterocycles. The van der Waals surface area contributed by atoms with E-state index in [9.17, 15) is 4.79 Å². The van der Waals surface area contributed by atoms with Gasteiger partial charge in [-0.1, -0.05) is 62.9 Å². The molecular formula is C31H46N2O6. The van der Waals surface area contributed by atoms with Crippen molar-refractivity contribution in [2.24, 2.45) is 0 Å². The molecule has 0 saturated carbocycles. The molecule has 39 heavy (non-hydrogen) atoms. The molecule has 0 fully saturated rings. The van der Waals surface area contributed by atoms with E-state index in [0.717, 1.165) is 37.8 Å². The Morgan fingerprint density at radius 3 is 2.23 bits per heavy atom. The van der Waals surface area contributed by atoms with Gasteiger partial charge >= 0.3 is 0 Å². The maximum Gasteiger partial charge on any atom is 0.260 e. The van der Waals surface area contributed by atoms with Crippen LogP contribution in [0.15, 0.2) is 42.5 Å². The van der Waals surface area contributed by atoms with Crippen molar-refractivity contribution in [1.29, 1.82) is 0 Å². The molecule has 0 saturated heterocycles. The first-order chi connectivity index (χ1) is 18.9. The van der Waals surface area contributed by atoms with Crippen LogP contribution in [-0.4, -0.2) is 77.1 Å². The van der Waals surface area contributed by atoms with Crippen molar-refractivity contribution in [2.45, 2.75) is 63.9 Å². The quantitative estimate of drug-likeness (QED) is 0.188. The van der Waals surface area contributed by atoms with E-state index in [1.807, 2.05) is 42.3 Å². The van der Waals surface area contributed by atoms with Crippen LogP contribution in [0.2, 0.25) is 0 Å². The van der Waals surface area contributed by atoms with Crippen molar-refractivity contribution in [2.75, 3.05) is 55.1 Å². The molecule has 216 valence electrons. The van der Waals surface area contributed by atoms with Gasteiger partial charge in [0.2, 0.25) is 5.79 Å². The Balaban J connectivity index is 1.70. The number of hydrogen-bond donors (Lipinski definition) is 0. The zero-order valence-corrected chi connectivity index (χ0v) is 24.5. The van der Waals surface area contributed by atoms with Crippen LogP contribution < -0.4 is 14.2 Å². The Labute approximate surface area is 234 Å². The summed E-state index contributed by atoms with van der Waals surface area (Å²) in [6, 6.07) is 13.4. The number of benzene rings is 2. The number of carbonyl (C=O) groups is 1. The fourth-order valence-electron chi connectivity index (χ4n) is 5.18. The molecular weight excluding hydrogens is 496 g/mol. The summed E-state index contributed by atoms with van der Waals surface area (Å²) in [6.07, 6.45) is 7.04. The Morgan fingerprint density at radius 1 is 0.923 bits per heavy atom. The maximum absolute atomic E-state index is 13.7. The summed E-state index contributed by atoms with van der Waals surface area (Å²) in [4.78, 5) is 17.8. The highest BCUT2D eigenvalue weighted by molar-refractivity contribution is 5.98. The highest BCUT2D eigenvalue weighted by Crippen LogP contribution is 2.39. The number of likely N-dealkylation sites (N-methyl/N-ethyl adjacent to an activating group) is 1. The molecule has 8 heteroatoms. The van der Waals surface area contributed by atoms with Gasteiger partial charge in [0, 0.05) is 44.9 Å². The number of unbranched alkanes of at least 4 members (excludes halogenated alkanes) is 4. The van der Waals surface area contributed by atoms with E-state index in [0.29, 0.717) is 35.9 Å². The molecule has 2 aromatic rings. The number of amides is 1. The van der Waals surface area contributed by atoms with Crippen LogP contribution in [0, 0.1) is 0 Å². The van der Waals surface area contributed by atoms with Crippen molar-refractivity contribution in [1.82, 2.24) is 9.80 Å². The molecule has 3 rings (SSSR count). The van der Waals surface area contributed by atoms with Crippen LogP contribution in [0.3, 0.4) is 0 Å². The van der Waals surface area contributed by atoms with E-state index >= 15 is 0 Å². The standard InChI is InChI=1S/C31H46N2O6/c1-7-8-9-10-14-18-29-33(30(34)25-21-27(35-3)28(36-4)22-26(25)39-29)20-15-19-32(2)23-31(37-5,38-6)24-16-12-11-13-17-24/h11-13,16-17,21-22,29H,7-10,14-15,18-20,23H2,1-6H3. The minimum absolute atomic E-state index is 0.0363. The SMILES string of the molecule is CCCCCCCC1Oc2cc(OC)c(OC)cc2C(=O)N1CCCN(C)CC(OC)(OC)c1ccccc1. The monoisotopic (exact) mass is 542 g/mol. The maximum atomic E-state index is 13.7. The normalized spacial score (nSPS) is 15.3. The van der Waals surface area contributed by atoms with E-state index < -0.39 is 5.79 Å². The van der Waals surface area contributed by atoms with Gasteiger partial charge < -0.3 is 33.5 Å². The second-order valence-electron chi connectivity index (χ2n) is 10.1. The Kier molecular flexibility index (Phi) is 11.9. The number of carbonyl (C=O) groups excluding carboxylic acids is 1. The molecule has 0 radical (unpaired) electrons. The highest BCUT2D eigenvalue weighted by atomic mass is 16.7. The largest absolute Gasteiger partial charge is 0.493 e. The summed E-state index contributed by atoms with van der Waals surface area (Å²) in [5.41, 5.74) is 1.47. The molecule has 1 aliphatic heterocycles. The summed E-state index contributed by atoms with van der Waals surface area (Å²) in [5, 5.41) is 0. The minimum atomic E-state index is -0.865. The molecule has 1 unspecified atom stereocenters. The first-order valence-electron chi connectivity index (χ1n) is 14.0. The molecule has 1 amide bonds. The van der Waals surface area contributed by atoms with Gasteiger partial charge in [-0.2, -0.15) is 0 Å². The summed E-state index contributed by atoms with van der Waals surface area (Å²) in [6.45, 7) is 4.10. The Hall–Kier alpha value is -2.81. The van der Waals surface area contributed by atoms with Crippen molar-refractivity contribution >= 4 is 5.91 Å². The van der Waals surface area contributed by atoms with Crippen LogP contribution in [0.5, 0.6) is 17.2 Å². The van der Waals surface area contributed by atoms with Crippen molar-refractivity contribution < 1.29 is 28.5 Å². The lowest BCUT2D eigenvalue weighted by Crippen LogP contribution is -2.48. The number of rotatable bonds is 17. The number of hydrogen-bond acceptors (Lipinski definition) is 7. The van der Waals surface area contributed by atoms with Crippen molar-refractivity contribution in [3.05, 3.63) is 53.6 Å². The Bertz CT molecular complexity index is 1030. The molecule has 1 atom stereocenters. The predicted octanol–water partition coefficient (Wildman–Crippen LogP) is 5.69. The average Bonchev–Trinajstić information content (AvgIpc) is 2.97. The molecule has 0 aliphatic carbocycles. The van der Waals surface area contributed by atoms with Crippen LogP contribution in [0.1, 0.15) is 67.8 Å². The second-order valence-corrected chi connectivity index (χ2v) is 10.1. The zero-order valence-electron chi connectivity index (χ0n) is 24.5.